The molecule has 82 valence electrons. The van der Waals surface area contributed by atoms with Crippen molar-refractivity contribution >= 4 is 17.6 Å². The first-order valence-corrected chi connectivity index (χ1v) is 4.49. The lowest BCUT2D eigenvalue weighted by Crippen LogP contribution is -2.23. The van der Waals surface area contributed by atoms with E-state index in [1.165, 1.54) is 13.3 Å². The van der Waals surface area contributed by atoms with Gasteiger partial charge in [-0.25, -0.2) is 9.97 Å². The lowest BCUT2D eigenvalue weighted by atomic mass is 10.4. The number of ether oxygens (including phenoxy) is 1. The Bertz CT molecular complexity index is 343. The molecule has 0 aliphatic rings. The van der Waals surface area contributed by atoms with Gasteiger partial charge in [0.15, 0.2) is 11.6 Å². The van der Waals surface area contributed by atoms with Crippen LogP contribution in [-0.2, 0) is 9.53 Å². The molecule has 0 saturated heterocycles. The van der Waals surface area contributed by atoms with E-state index in [0.717, 1.165) is 0 Å². The molecule has 1 heterocycles. The first-order chi connectivity index (χ1) is 7.15. The van der Waals surface area contributed by atoms with E-state index in [0.29, 0.717) is 24.6 Å². The predicted octanol–water partition coefficient (Wildman–Crippen LogP) is 0.0581. The Balaban J connectivity index is 2.57. The van der Waals surface area contributed by atoms with Crippen molar-refractivity contribution in [3.63, 3.8) is 0 Å². The van der Waals surface area contributed by atoms with Crippen LogP contribution in [0.5, 0.6) is 0 Å². The lowest BCUT2D eigenvalue weighted by molar-refractivity contribution is -0.140. The molecule has 0 radical (unpaired) electrons. The van der Waals surface area contributed by atoms with Crippen LogP contribution < -0.4 is 10.6 Å². The van der Waals surface area contributed by atoms with E-state index in [1.54, 1.807) is 18.1 Å². The van der Waals surface area contributed by atoms with Gasteiger partial charge in [0.2, 0.25) is 0 Å². The minimum Gasteiger partial charge on any atom is -0.469 e. The normalized spacial score (nSPS) is 9.73. The number of aromatic nitrogens is 2. The zero-order valence-electron chi connectivity index (χ0n) is 8.80. The molecule has 1 aromatic heterocycles. The van der Waals surface area contributed by atoms with Crippen molar-refractivity contribution in [2.24, 2.45) is 0 Å². The van der Waals surface area contributed by atoms with Crippen LogP contribution in [0.3, 0.4) is 0 Å². The third-order valence-electron chi connectivity index (χ3n) is 1.95. The van der Waals surface area contributed by atoms with Crippen LogP contribution in [0.15, 0.2) is 12.4 Å². The summed E-state index contributed by atoms with van der Waals surface area (Å²) in [5.74, 6) is 0.663. The van der Waals surface area contributed by atoms with Gasteiger partial charge in [-0.3, -0.25) is 4.79 Å². The molecule has 15 heavy (non-hydrogen) atoms. The molecule has 0 spiro atoms. The van der Waals surface area contributed by atoms with Crippen LogP contribution >= 0.6 is 0 Å². The monoisotopic (exact) mass is 210 g/mol. The largest absolute Gasteiger partial charge is 0.469 e. The molecule has 6 nitrogen and oxygen atoms in total. The summed E-state index contributed by atoms with van der Waals surface area (Å²) < 4.78 is 4.53. The zero-order chi connectivity index (χ0) is 11.3. The van der Waals surface area contributed by atoms with Crippen molar-refractivity contribution < 1.29 is 9.53 Å². The summed E-state index contributed by atoms with van der Waals surface area (Å²) in [6.07, 6.45) is 3.37. The number of hydrogen-bond donors (Lipinski definition) is 1. The van der Waals surface area contributed by atoms with E-state index in [9.17, 15) is 4.79 Å². The molecule has 0 saturated carbocycles. The predicted molar refractivity (Wildman–Crippen MR) is 56.3 cm³/mol. The van der Waals surface area contributed by atoms with Gasteiger partial charge in [-0.05, 0) is 0 Å². The second kappa shape index (κ2) is 5.14. The summed E-state index contributed by atoms with van der Waals surface area (Å²) in [5, 5.41) is 0. The maximum absolute atomic E-state index is 10.9. The van der Waals surface area contributed by atoms with Gasteiger partial charge in [-0.1, -0.05) is 0 Å². The molecule has 1 rings (SSSR count). The maximum atomic E-state index is 10.9. The van der Waals surface area contributed by atoms with E-state index in [2.05, 4.69) is 14.7 Å². The molecule has 0 unspecified atom stereocenters. The molecular formula is C9H14N4O2. The van der Waals surface area contributed by atoms with Gasteiger partial charge >= 0.3 is 5.97 Å². The van der Waals surface area contributed by atoms with Crippen molar-refractivity contribution in [1.82, 2.24) is 9.97 Å². The van der Waals surface area contributed by atoms with Crippen molar-refractivity contribution in [3.05, 3.63) is 12.4 Å². The van der Waals surface area contributed by atoms with Gasteiger partial charge in [0, 0.05) is 26.0 Å². The van der Waals surface area contributed by atoms with Gasteiger partial charge < -0.3 is 15.4 Å². The molecule has 0 fully saturated rings. The lowest BCUT2D eigenvalue weighted by Gasteiger charge is -2.17. The minimum atomic E-state index is -0.260. The second-order valence-corrected chi connectivity index (χ2v) is 3.01. The Kier molecular flexibility index (Phi) is 3.84. The molecule has 1 aromatic rings. The van der Waals surface area contributed by atoms with Gasteiger partial charge in [0.05, 0.1) is 13.5 Å². The first kappa shape index (κ1) is 11.2. The molecule has 0 aliphatic carbocycles. The highest BCUT2D eigenvalue weighted by atomic mass is 16.5. The van der Waals surface area contributed by atoms with Crippen LogP contribution in [0.25, 0.3) is 0 Å². The SMILES string of the molecule is COC(=O)CCN(C)c1nccnc1N. The van der Waals surface area contributed by atoms with Crippen molar-refractivity contribution in [2.75, 3.05) is 31.3 Å². The number of methoxy groups -OCH3 is 1. The number of nitrogen functional groups attached to an aromatic ring is 1. The van der Waals surface area contributed by atoms with E-state index in [1.807, 2.05) is 0 Å². The van der Waals surface area contributed by atoms with Crippen LogP contribution in [-0.4, -0.2) is 36.6 Å². The summed E-state index contributed by atoms with van der Waals surface area (Å²) in [4.78, 5) is 20.7. The van der Waals surface area contributed by atoms with Crippen molar-refractivity contribution in [2.45, 2.75) is 6.42 Å². The molecule has 0 aromatic carbocycles. The summed E-state index contributed by atoms with van der Waals surface area (Å²) >= 11 is 0. The van der Waals surface area contributed by atoms with Crippen LogP contribution in [0, 0.1) is 0 Å². The summed E-state index contributed by atoms with van der Waals surface area (Å²) in [6.45, 7) is 0.496. The number of nitrogens with two attached hydrogens (primary N) is 1. The van der Waals surface area contributed by atoms with Gasteiger partial charge in [-0.15, -0.1) is 0 Å². The number of carbonyl (C=O) groups is 1. The Morgan fingerprint density at radius 3 is 2.80 bits per heavy atom. The fraction of sp³-hybridized carbons (Fsp3) is 0.444. The smallest absolute Gasteiger partial charge is 0.307 e. The summed E-state index contributed by atoms with van der Waals surface area (Å²) in [6, 6.07) is 0. The quantitative estimate of drug-likeness (QED) is 0.707. The number of carbonyl (C=O) groups excluding carboxylic acids is 1. The number of anilines is 2. The molecule has 6 heteroatoms. The standard InChI is InChI=1S/C9H14N4O2/c1-13(6-3-7(14)15-2)9-8(10)11-4-5-12-9/h4-5H,3,6H2,1-2H3,(H2,10,11). The number of nitrogens with zero attached hydrogens (tertiary/aromatic N) is 3. The first-order valence-electron chi connectivity index (χ1n) is 4.49. The molecule has 0 aliphatic heterocycles. The fourth-order valence-corrected chi connectivity index (χ4v) is 1.10. The van der Waals surface area contributed by atoms with E-state index < -0.39 is 0 Å². The zero-order valence-corrected chi connectivity index (χ0v) is 8.80. The Labute approximate surface area is 88.1 Å². The van der Waals surface area contributed by atoms with Crippen molar-refractivity contribution in [3.8, 4) is 0 Å². The van der Waals surface area contributed by atoms with Crippen LogP contribution in [0.2, 0.25) is 0 Å². The number of rotatable bonds is 4. The average molecular weight is 210 g/mol. The summed E-state index contributed by atoms with van der Waals surface area (Å²) in [7, 11) is 3.16. The number of esters is 1. The Morgan fingerprint density at radius 1 is 1.53 bits per heavy atom. The Hall–Kier alpha value is -1.85. The second-order valence-electron chi connectivity index (χ2n) is 3.01. The van der Waals surface area contributed by atoms with E-state index in [4.69, 9.17) is 5.73 Å². The molecule has 2 N–H and O–H groups in total. The third-order valence-corrected chi connectivity index (χ3v) is 1.95. The van der Waals surface area contributed by atoms with Gasteiger partial charge in [0.25, 0.3) is 0 Å². The highest BCUT2D eigenvalue weighted by Crippen LogP contribution is 2.14. The maximum Gasteiger partial charge on any atom is 0.307 e. The molecule has 0 amide bonds. The Morgan fingerprint density at radius 2 is 2.20 bits per heavy atom. The topological polar surface area (TPSA) is 81.3 Å². The molecular weight excluding hydrogens is 196 g/mol. The van der Waals surface area contributed by atoms with Gasteiger partial charge in [0.1, 0.15) is 0 Å². The van der Waals surface area contributed by atoms with E-state index in [-0.39, 0.29) is 5.97 Å². The van der Waals surface area contributed by atoms with Crippen LogP contribution in [0.4, 0.5) is 11.6 Å². The molecule has 0 atom stereocenters. The highest BCUT2D eigenvalue weighted by molar-refractivity contribution is 5.70. The highest BCUT2D eigenvalue weighted by Gasteiger charge is 2.09. The van der Waals surface area contributed by atoms with E-state index >= 15 is 0 Å². The van der Waals surface area contributed by atoms with Crippen molar-refractivity contribution in [1.29, 1.82) is 0 Å². The van der Waals surface area contributed by atoms with Gasteiger partial charge in [-0.2, -0.15) is 0 Å². The average Bonchev–Trinajstić information content (AvgIpc) is 2.26. The summed E-state index contributed by atoms with van der Waals surface area (Å²) in [5.41, 5.74) is 5.63. The van der Waals surface area contributed by atoms with Crippen LogP contribution in [0.1, 0.15) is 6.42 Å². The third kappa shape index (κ3) is 3.08. The number of hydrogen-bond acceptors (Lipinski definition) is 6. The molecule has 0 bridgehead atoms. The minimum absolute atomic E-state index is 0.260. The fourth-order valence-electron chi connectivity index (χ4n) is 1.10.